The van der Waals surface area contributed by atoms with Crippen LogP contribution in [0, 0.1) is 0 Å². The monoisotopic (exact) mass is 317 g/mol. The van der Waals surface area contributed by atoms with E-state index < -0.39 is 5.97 Å². The number of aliphatic carboxylic acids is 1. The molecule has 0 aliphatic heterocycles. The van der Waals surface area contributed by atoms with Crippen LogP contribution in [0.5, 0.6) is 0 Å². The SMILES string of the molecule is CCC/C=C/CCCOC[N+](CCO)(CCO)CCC(=O)[O-]. The van der Waals surface area contributed by atoms with Gasteiger partial charge in [0.2, 0.25) is 0 Å². The fourth-order valence-electron chi connectivity index (χ4n) is 2.25. The van der Waals surface area contributed by atoms with Crippen molar-refractivity contribution < 1.29 is 29.3 Å². The summed E-state index contributed by atoms with van der Waals surface area (Å²) in [6, 6.07) is 0. The minimum absolute atomic E-state index is 0.0733. The third-order valence-electron chi connectivity index (χ3n) is 3.59. The van der Waals surface area contributed by atoms with Crippen molar-refractivity contribution in [1.29, 1.82) is 0 Å². The second kappa shape index (κ2) is 13.7. The molecule has 0 radical (unpaired) electrons. The van der Waals surface area contributed by atoms with Gasteiger partial charge in [-0.15, -0.1) is 0 Å². The second-order valence-electron chi connectivity index (χ2n) is 5.52. The van der Waals surface area contributed by atoms with Crippen LogP contribution in [0.15, 0.2) is 12.2 Å². The zero-order valence-electron chi connectivity index (χ0n) is 13.7. The number of hydrogen-bond acceptors (Lipinski definition) is 5. The van der Waals surface area contributed by atoms with Crippen LogP contribution in [0.1, 0.15) is 39.0 Å². The van der Waals surface area contributed by atoms with Gasteiger partial charge >= 0.3 is 0 Å². The average molecular weight is 317 g/mol. The maximum atomic E-state index is 10.7. The van der Waals surface area contributed by atoms with E-state index in [0.29, 0.717) is 33.0 Å². The number of carbonyl (C=O) groups excluding carboxylic acids is 1. The molecular weight excluding hydrogens is 286 g/mol. The Hall–Kier alpha value is -0.950. The molecule has 0 aliphatic rings. The van der Waals surface area contributed by atoms with Crippen LogP contribution in [0.4, 0.5) is 0 Å². The van der Waals surface area contributed by atoms with Gasteiger partial charge in [0, 0.05) is 12.4 Å². The lowest BCUT2D eigenvalue weighted by molar-refractivity contribution is -0.946. The highest BCUT2D eigenvalue weighted by atomic mass is 16.5. The van der Waals surface area contributed by atoms with Gasteiger partial charge in [-0.05, 0) is 19.3 Å². The van der Waals surface area contributed by atoms with Crippen LogP contribution in [-0.2, 0) is 9.53 Å². The maximum absolute atomic E-state index is 10.7. The minimum atomic E-state index is -1.13. The van der Waals surface area contributed by atoms with Crippen LogP contribution in [0.3, 0.4) is 0 Å². The molecule has 0 aliphatic carbocycles. The van der Waals surface area contributed by atoms with E-state index in [4.69, 9.17) is 4.74 Å². The fraction of sp³-hybridized carbons (Fsp3) is 0.812. The normalized spacial score (nSPS) is 12.1. The Morgan fingerprint density at radius 3 is 2.32 bits per heavy atom. The Balaban J connectivity index is 4.17. The number of carboxylic acids is 1. The topological polar surface area (TPSA) is 89.8 Å². The number of hydrogen-bond donors (Lipinski definition) is 2. The van der Waals surface area contributed by atoms with Gasteiger partial charge in [-0.25, -0.2) is 0 Å². The van der Waals surface area contributed by atoms with E-state index in [1.165, 1.54) is 0 Å². The van der Waals surface area contributed by atoms with Crippen LogP contribution in [0.25, 0.3) is 0 Å². The summed E-state index contributed by atoms with van der Waals surface area (Å²) < 4.78 is 5.89. The number of nitrogens with zero attached hydrogens (tertiary/aromatic N) is 1. The first-order chi connectivity index (χ1) is 10.6. The summed E-state index contributed by atoms with van der Waals surface area (Å²) in [6.07, 6.45) is 8.30. The number of aliphatic hydroxyl groups excluding tert-OH is 2. The fourth-order valence-corrected chi connectivity index (χ4v) is 2.25. The predicted octanol–water partition coefficient (Wildman–Crippen LogP) is 0.0384. The first kappa shape index (κ1) is 21.0. The number of quaternary nitrogens is 1. The number of rotatable bonds is 15. The maximum Gasteiger partial charge on any atom is 0.183 e. The molecule has 6 heteroatoms. The second-order valence-corrected chi connectivity index (χ2v) is 5.52. The average Bonchev–Trinajstić information content (AvgIpc) is 2.48. The Labute approximate surface area is 133 Å². The van der Waals surface area contributed by atoms with Gasteiger partial charge in [0.15, 0.2) is 6.73 Å². The van der Waals surface area contributed by atoms with Crippen molar-refractivity contribution in [3.8, 4) is 0 Å². The van der Waals surface area contributed by atoms with Gasteiger partial charge in [0.25, 0.3) is 0 Å². The van der Waals surface area contributed by atoms with Crippen LogP contribution in [0.2, 0.25) is 0 Å². The molecule has 2 N–H and O–H groups in total. The first-order valence-electron chi connectivity index (χ1n) is 8.09. The summed E-state index contributed by atoms with van der Waals surface area (Å²) in [5, 5.41) is 29.0. The van der Waals surface area contributed by atoms with E-state index in [-0.39, 0.29) is 24.1 Å². The smallest absolute Gasteiger partial charge is 0.183 e. The number of unbranched alkanes of at least 4 members (excludes halogenated alkanes) is 2. The molecule has 6 nitrogen and oxygen atoms in total. The van der Waals surface area contributed by atoms with E-state index >= 15 is 0 Å². The van der Waals surface area contributed by atoms with E-state index in [1.54, 1.807) is 0 Å². The van der Waals surface area contributed by atoms with Crippen molar-refractivity contribution in [3.63, 3.8) is 0 Å². The minimum Gasteiger partial charge on any atom is -0.550 e. The highest BCUT2D eigenvalue weighted by Gasteiger charge is 2.26. The number of allylic oxidation sites excluding steroid dienone is 2. The summed E-state index contributed by atoms with van der Waals surface area (Å²) >= 11 is 0. The van der Waals surface area contributed by atoms with Gasteiger partial charge in [-0.3, -0.25) is 4.48 Å². The zero-order valence-corrected chi connectivity index (χ0v) is 13.7. The summed E-state index contributed by atoms with van der Waals surface area (Å²) in [4.78, 5) is 10.7. The molecule has 0 bridgehead atoms. The summed E-state index contributed by atoms with van der Waals surface area (Å²) in [5.74, 6) is -1.13. The molecule has 22 heavy (non-hydrogen) atoms. The van der Waals surface area contributed by atoms with Crippen LogP contribution < -0.4 is 5.11 Å². The van der Waals surface area contributed by atoms with Crippen molar-refractivity contribution in [2.75, 3.05) is 46.2 Å². The molecular formula is C16H31NO5. The summed E-state index contributed by atoms with van der Waals surface area (Å²) in [6.45, 7) is 3.90. The molecule has 0 fully saturated rings. The van der Waals surface area contributed by atoms with Gasteiger partial charge in [-0.1, -0.05) is 25.5 Å². The van der Waals surface area contributed by atoms with Gasteiger partial charge in [-0.2, -0.15) is 0 Å². The summed E-state index contributed by atoms with van der Waals surface area (Å²) in [5.41, 5.74) is 0. The van der Waals surface area contributed by atoms with Crippen molar-refractivity contribution in [2.24, 2.45) is 0 Å². The lowest BCUT2D eigenvalue weighted by Crippen LogP contribution is -2.54. The lowest BCUT2D eigenvalue weighted by atomic mass is 10.2. The zero-order chi connectivity index (χ0) is 16.7. The molecule has 0 unspecified atom stereocenters. The Morgan fingerprint density at radius 2 is 1.77 bits per heavy atom. The molecule has 130 valence electrons. The Morgan fingerprint density at radius 1 is 1.14 bits per heavy atom. The molecule has 0 atom stereocenters. The highest BCUT2D eigenvalue weighted by molar-refractivity contribution is 5.64. The quantitative estimate of drug-likeness (QED) is 0.193. The van der Waals surface area contributed by atoms with Crippen molar-refractivity contribution in [3.05, 3.63) is 12.2 Å². The van der Waals surface area contributed by atoms with Crippen molar-refractivity contribution in [1.82, 2.24) is 0 Å². The molecule has 0 aromatic heterocycles. The summed E-state index contributed by atoms with van der Waals surface area (Å²) in [7, 11) is 0. The molecule has 0 saturated heterocycles. The molecule has 0 aromatic carbocycles. The van der Waals surface area contributed by atoms with Crippen molar-refractivity contribution >= 4 is 5.97 Å². The van der Waals surface area contributed by atoms with Gasteiger partial charge in [0.05, 0.1) is 26.4 Å². The third kappa shape index (κ3) is 10.7. The molecule has 0 rings (SSSR count). The number of ether oxygens (including phenoxy) is 1. The first-order valence-corrected chi connectivity index (χ1v) is 8.09. The molecule has 0 amide bonds. The van der Waals surface area contributed by atoms with E-state index in [9.17, 15) is 20.1 Å². The number of carbonyl (C=O) groups is 1. The number of aliphatic hydroxyl groups is 2. The van der Waals surface area contributed by atoms with Crippen LogP contribution >= 0.6 is 0 Å². The predicted molar refractivity (Wildman–Crippen MR) is 82.8 cm³/mol. The largest absolute Gasteiger partial charge is 0.550 e. The van der Waals surface area contributed by atoms with E-state index in [0.717, 1.165) is 25.7 Å². The Bertz CT molecular complexity index is 301. The molecule has 0 heterocycles. The number of carboxylic acid groups (broad SMARTS) is 1. The lowest BCUT2D eigenvalue weighted by Gasteiger charge is -2.37. The molecule has 0 aromatic rings. The highest BCUT2D eigenvalue weighted by Crippen LogP contribution is 2.09. The van der Waals surface area contributed by atoms with Gasteiger partial charge in [0.1, 0.15) is 13.1 Å². The van der Waals surface area contributed by atoms with E-state index in [2.05, 4.69) is 19.1 Å². The van der Waals surface area contributed by atoms with Gasteiger partial charge < -0.3 is 24.9 Å². The van der Waals surface area contributed by atoms with Crippen LogP contribution in [-0.4, -0.2) is 66.9 Å². The Kier molecular flexibility index (Phi) is 13.1. The van der Waals surface area contributed by atoms with Crippen molar-refractivity contribution in [2.45, 2.75) is 39.0 Å². The van der Waals surface area contributed by atoms with E-state index in [1.807, 2.05) is 0 Å². The third-order valence-corrected chi connectivity index (χ3v) is 3.59. The molecule has 0 spiro atoms. The molecule has 0 saturated carbocycles. The standard InChI is InChI=1S/C16H31NO5/c1-2-3-4-5-6-7-14-22-15-17(10-12-18,11-13-19)9-8-16(20)21/h4-5,18-19H,2-3,6-15H2,1H3/b5-4+.